The number of amides is 2. The molecule has 2 aliphatic carbocycles. The van der Waals surface area contributed by atoms with Crippen LogP contribution in [0.15, 0.2) is 0 Å². The van der Waals surface area contributed by atoms with Crippen molar-refractivity contribution in [2.75, 3.05) is 20.2 Å². The van der Waals surface area contributed by atoms with E-state index in [2.05, 4.69) is 5.32 Å². The van der Waals surface area contributed by atoms with Crippen molar-refractivity contribution >= 4 is 12.0 Å². The minimum atomic E-state index is -0.261. The zero-order valence-corrected chi connectivity index (χ0v) is 12.1. The van der Waals surface area contributed by atoms with E-state index in [0.29, 0.717) is 19.0 Å². The van der Waals surface area contributed by atoms with Crippen LogP contribution in [0.2, 0.25) is 0 Å². The highest BCUT2D eigenvalue weighted by atomic mass is 16.5. The van der Waals surface area contributed by atoms with Crippen molar-refractivity contribution < 1.29 is 14.3 Å². The van der Waals surface area contributed by atoms with Gasteiger partial charge in [-0.1, -0.05) is 6.42 Å². The van der Waals surface area contributed by atoms with Crippen LogP contribution in [0.4, 0.5) is 4.79 Å². The number of ether oxygens (including phenoxy) is 1. The van der Waals surface area contributed by atoms with Crippen LogP contribution in [-0.2, 0) is 9.53 Å². The van der Waals surface area contributed by atoms with Gasteiger partial charge in [-0.2, -0.15) is 0 Å². The third-order valence-electron chi connectivity index (χ3n) is 5.35. The number of likely N-dealkylation sites (tertiary alicyclic amines) is 1. The Morgan fingerprint density at radius 1 is 1.10 bits per heavy atom. The molecule has 3 rings (SSSR count). The second-order valence-electron chi connectivity index (χ2n) is 6.52. The van der Waals surface area contributed by atoms with Crippen LogP contribution in [0.5, 0.6) is 0 Å². The molecule has 3 atom stereocenters. The van der Waals surface area contributed by atoms with Crippen LogP contribution in [0, 0.1) is 17.8 Å². The molecule has 0 aromatic heterocycles. The minimum absolute atomic E-state index is 0.225. The SMILES string of the molecule is COC(=O)N1CCC(NC(=O)[C@@H]2C[C@H]3CC[C@H]2C3)CC1. The monoisotopic (exact) mass is 280 g/mol. The summed E-state index contributed by atoms with van der Waals surface area (Å²) < 4.78 is 4.72. The molecule has 1 saturated heterocycles. The molecule has 0 unspecified atom stereocenters. The number of hydrogen-bond acceptors (Lipinski definition) is 3. The number of carbonyl (C=O) groups is 2. The molecule has 3 aliphatic rings. The molecule has 2 amide bonds. The topological polar surface area (TPSA) is 58.6 Å². The fourth-order valence-electron chi connectivity index (χ4n) is 4.21. The maximum atomic E-state index is 12.4. The normalized spacial score (nSPS) is 33.2. The first-order valence-corrected chi connectivity index (χ1v) is 7.80. The molecule has 5 nitrogen and oxygen atoms in total. The lowest BCUT2D eigenvalue weighted by Crippen LogP contribution is -2.48. The van der Waals surface area contributed by atoms with E-state index in [1.54, 1.807) is 4.90 Å². The molecule has 0 spiro atoms. The molecule has 2 bridgehead atoms. The van der Waals surface area contributed by atoms with Crippen molar-refractivity contribution in [1.82, 2.24) is 10.2 Å². The summed E-state index contributed by atoms with van der Waals surface area (Å²) in [4.78, 5) is 25.5. The number of piperidine rings is 1. The lowest BCUT2D eigenvalue weighted by atomic mass is 9.87. The fraction of sp³-hybridized carbons (Fsp3) is 0.867. The van der Waals surface area contributed by atoms with E-state index < -0.39 is 0 Å². The number of nitrogens with zero attached hydrogens (tertiary/aromatic N) is 1. The molecule has 0 aromatic carbocycles. The highest BCUT2D eigenvalue weighted by molar-refractivity contribution is 5.79. The first-order valence-electron chi connectivity index (χ1n) is 7.80. The number of hydrogen-bond donors (Lipinski definition) is 1. The van der Waals surface area contributed by atoms with E-state index in [4.69, 9.17) is 4.74 Å². The van der Waals surface area contributed by atoms with Crippen LogP contribution in [0.1, 0.15) is 38.5 Å². The van der Waals surface area contributed by atoms with Crippen molar-refractivity contribution in [3.05, 3.63) is 0 Å². The Balaban J connectivity index is 1.45. The molecule has 2 saturated carbocycles. The van der Waals surface area contributed by atoms with Gasteiger partial charge < -0.3 is 15.0 Å². The van der Waals surface area contributed by atoms with Crippen molar-refractivity contribution in [2.45, 2.75) is 44.6 Å². The van der Waals surface area contributed by atoms with Crippen LogP contribution in [0.3, 0.4) is 0 Å². The second kappa shape index (κ2) is 5.62. The van der Waals surface area contributed by atoms with E-state index in [1.165, 1.54) is 26.4 Å². The third kappa shape index (κ3) is 2.63. The maximum absolute atomic E-state index is 12.4. The quantitative estimate of drug-likeness (QED) is 0.838. The summed E-state index contributed by atoms with van der Waals surface area (Å²) in [5.41, 5.74) is 0. The summed E-state index contributed by atoms with van der Waals surface area (Å²) in [7, 11) is 1.41. The first-order chi connectivity index (χ1) is 9.67. The van der Waals surface area contributed by atoms with Crippen molar-refractivity contribution in [2.24, 2.45) is 17.8 Å². The van der Waals surface area contributed by atoms with Gasteiger partial charge in [-0.05, 0) is 43.9 Å². The van der Waals surface area contributed by atoms with Gasteiger partial charge in [0.1, 0.15) is 0 Å². The van der Waals surface area contributed by atoms with Gasteiger partial charge in [0, 0.05) is 25.0 Å². The van der Waals surface area contributed by atoms with Crippen LogP contribution in [0.25, 0.3) is 0 Å². The maximum Gasteiger partial charge on any atom is 0.409 e. The van der Waals surface area contributed by atoms with Gasteiger partial charge in [-0.25, -0.2) is 4.79 Å². The number of carbonyl (C=O) groups excluding carboxylic acids is 2. The number of fused-ring (bicyclic) bond motifs is 2. The minimum Gasteiger partial charge on any atom is -0.453 e. The zero-order chi connectivity index (χ0) is 14.1. The van der Waals surface area contributed by atoms with E-state index in [9.17, 15) is 9.59 Å². The lowest BCUT2D eigenvalue weighted by molar-refractivity contribution is -0.127. The summed E-state index contributed by atoms with van der Waals surface area (Å²) in [5.74, 6) is 1.95. The van der Waals surface area contributed by atoms with Gasteiger partial charge in [0.25, 0.3) is 0 Å². The molecular weight excluding hydrogens is 256 g/mol. The van der Waals surface area contributed by atoms with E-state index in [-0.39, 0.29) is 24.0 Å². The van der Waals surface area contributed by atoms with Gasteiger partial charge in [0.15, 0.2) is 0 Å². The van der Waals surface area contributed by atoms with Gasteiger partial charge in [0.05, 0.1) is 7.11 Å². The molecule has 1 heterocycles. The molecule has 0 aromatic rings. The van der Waals surface area contributed by atoms with E-state index in [1.807, 2.05) is 0 Å². The molecule has 5 heteroatoms. The van der Waals surface area contributed by atoms with Crippen molar-refractivity contribution in [3.63, 3.8) is 0 Å². The van der Waals surface area contributed by atoms with Gasteiger partial charge in [-0.3, -0.25) is 4.79 Å². The third-order valence-corrected chi connectivity index (χ3v) is 5.35. The Morgan fingerprint density at radius 2 is 1.85 bits per heavy atom. The van der Waals surface area contributed by atoms with Gasteiger partial charge >= 0.3 is 6.09 Å². The summed E-state index contributed by atoms with van der Waals surface area (Å²) in [6, 6.07) is 0.225. The standard InChI is InChI=1S/C15H24N2O3/c1-20-15(19)17-6-4-12(5-7-17)16-14(18)13-9-10-2-3-11(13)8-10/h10-13H,2-9H2,1H3,(H,16,18)/t10-,11-,13+/m0/s1. The summed E-state index contributed by atoms with van der Waals surface area (Å²) >= 11 is 0. The predicted octanol–water partition coefficient (Wildman–Crippen LogP) is 1.77. The Kier molecular flexibility index (Phi) is 3.85. The summed E-state index contributed by atoms with van der Waals surface area (Å²) in [6.45, 7) is 1.35. The Morgan fingerprint density at radius 3 is 2.40 bits per heavy atom. The second-order valence-corrected chi connectivity index (χ2v) is 6.52. The van der Waals surface area contributed by atoms with Crippen LogP contribution >= 0.6 is 0 Å². The average molecular weight is 280 g/mol. The smallest absolute Gasteiger partial charge is 0.409 e. The predicted molar refractivity (Wildman–Crippen MR) is 74.1 cm³/mol. The van der Waals surface area contributed by atoms with Gasteiger partial charge in [-0.15, -0.1) is 0 Å². The molecule has 3 fully saturated rings. The van der Waals surface area contributed by atoms with Crippen LogP contribution in [-0.4, -0.2) is 43.1 Å². The Labute approximate surface area is 120 Å². The van der Waals surface area contributed by atoms with Crippen molar-refractivity contribution in [3.8, 4) is 0 Å². The van der Waals surface area contributed by atoms with Crippen molar-refractivity contribution in [1.29, 1.82) is 0 Å². The molecular formula is C15H24N2O3. The molecule has 20 heavy (non-hydrogen) atoms. The van der Waals surface area contributed by atoms with Gasteiger partial charge in [0.2, 0.25) is 5.91 Å². The van der Waals surface area contributed by atoms with E-state index >= 15 is 0 Å². The number of rotatable bonds is 2. The first kappa shape index (κ1) is 13.7. The van der Waals surface area contributed by atoms with E-state index in [0.717, 1.165) is 25.2 Å². The zero-order valence-electron chi connectivity index (χ0n) is 12.1. The molecule has 1 aliphatic heterocycles. The average Bonchev–Trinajstić information content (AvgIpc) is 3.10. The highest BCUT2D eigenvalue weighted by Gasteiger charge is 2.43. The largest absolute Gasteiger partial charge is 0.453 e. The Hall–Kier alpha value is -1.26. The molecule has 0 radical (unpaired) electrons. The molecule has 112 valence electrons. The fourth-order valence-corrected chi connectivity index (χ4v) is 4.21. The highest BCUT2D eigenvalue weighted by Crippen LogP contribution is 2.48. The Bertz CT molecular complexity index is 391. The molecule has 1 N–H and O–H groups in total. The lowest BCUT2D eigenvalue weighted by Gasteiger charge is -2.32. The number of nitrogens with one attached hydrogen (secondary N) is 1. The summed E-state index contributed by atoms with van der Waals surface area (Å²) in [6.07, 6.45) is 6.33. The summed E-state index contributed by atoms with van der Waals surface area (Å²) in [5, 5.41) is 3.21. The van der Waals surface area contributed by atoms with Crippen LogP contribution < -0.4 is 5.32 Å². The number of methoxy groups -OCH3 is 1.